The SMILES string of the molecule is COc1cc2c(cc1OC(=O)OC(C)(C)C)CCN[C@]21CS[C@@H]2c3c(OC(=O)CCCl)c(C)c4c(c3[C@H](COC1=O)N1C2[C@H]2c3c(cc(C)c(OC)c3O)C[C@@H]([C@@H]1C#N)N2C)OCO4. The van der Waals surface area contributed by atoms with Gasteiger partial charge in [0.15, 0.2) is 40.0 Å². The number of hydrogen-bond donors (Lipinski definition) is 2. The molecule has 0 aromatic heterocycles. The number of aromatic hydroxyl groups is 1. The number of likely N-dealkylation sites (N-methyl/N-ethyl adjacent to an activating group) is 1. The number of phenolic OH excluding ortho intramolecular Hbond substituents is 1. The largest absolute Gasteiger partial charge is 0.514 e. The predicted molar refractivity (Wildman–Crippen MR) is 233 cm³/mol. The Labute approximate surface area is 380 Å². The van der Waals surface area contributed by atoms with E-state index in [1.165, 1.54) is 26.0 Å². The van der Waals surface area contributed by atoms with Crippen molar-refractivity contribution < 1.29 is 57.4 Å². The van der Waals surface area contributed by atoms with Gasteiger partial charge in [-0.3, -0.25) is 19.9 Å². The summed E-state index contributed by atoms with van der Waals surface area (Å²) >= 11 is 7.52. The van der Waals surface area contributed by atoms with Gasteiger partial charge in [-0.2, -0.15) is 5.26 Å². The van der Waals surface area contributed by atoms with Gasteiger partial charge in [-0.05, 0) is 88.9 Å². The first kappa shape index (κ1) is 44.1. The fourth-order valence-corrected chi connectivity index (χ4v) is 12.6. The van der Waals surface area contributed by atoms with Crippen LogP contribution in [0.4, 0.5) is 4.79 Å². The maximum Gasteiger partial charge on any atom is 0.514 e. The quantitative estimate of drug-likeness (QED) is 0.123. The van der Waals surface area contributed by atoms with Crippen molar-refractivity contribution in [2.24, 2.45) is 0 Å². The van der Waals surface area contributed by atoms with E-state index in [0.717, 1.165) is 16.7 Å². The zero-order valence-electron chi connectivity index (χ0n) is 36.9. The van der Waals surface area contributed by atoms with Crippen molar-refractivity contribution in [2.45, 2.75) is 100 Å². The second-order valence-corrected chi connectivity index (χ2v) is 19.5. The van der Waals surface area contributed by atoms with Crippen molar-refractivity contribution in [3.63, 3.8) is 0 Å². The molecule has 7 aliphatic heterocycles. The number of ether oxygens (including phenoxy) is 8. The maximum atomic E-state index is 15.1. The number of halogens is 1. The normalized spacial score (nSPS) is 26.7. The molecular weight excluding hydrogens is 868 g/mol. The minimum Gasteiger partial charge on any atom is -0.504 e. The van der Waals surface area contributed by atoms with Crippen LogP contribution in [-0.4, -0.2) is 110 Å². The van der Waals surface area contributed by atoms with Gasteiger partial charge in [0.1, 0.15) is 24.0 Å². The first-order chi connectivity index (χ1) is 30.6. The minimum atomic E-state index is -1.47. The van der Waals surface area contributed by atoms with Crippen LogP contribution in [-0.2, 0) is 37.4 Å². The molecule has 0 radical (unpaired) electrons. The molecule has 0 saturated carbocycles. The van der Waals surface area contributed by atoms with E-state index in [0.29, 0.717) is 64.5 Å². The number of nitrogens with one attached hydrogen (secondary N) is 1. The van der Waals surface area contributed by atoms with Gasteiger partial charge in [-0.15, -0.1) is 23.4 Å². The molecule has 2 fully saturated rings. The zero-order chi connectivity index (χ0) is 45.6. The lowest BCUT2D eigenvalue weighted by Crippen LogP contribution is -2.69. The molecule has 4 bridgehead atoms. The molecule has 7 heterocycles. The molecule has 3 aromatic rings. The molecule has 7 aliphatic rings. The molecule has 2 N–H and O–H groups in total. The summed E-state index contributed by atoms with van der Waals surface area (Å²) in [6, 6.07) is 5.03. The second-order valence-electron chi connectivity index (χ2n) is 18.0. The Hall–Kier alpha value is -5.12. The number of hydrogen-bond acceptors (Lipinski definition) is 17. The van der Waals surface area contributed by atoms with Crippen LogP contribution in [0.5, 0.6) is 40.2 Å². The lowest BCUT2D eigenvalue weighted by atomic mass is 9.71. The summed E-state index contributed by atoms with van der Waals surface area (Å²) in [4.78, 5) is 45.8. The van der Waals surface area contributed by atoms with Gasteiger partial charge >= 0.3 is 18.1 Å². The molecular formula is C46H51ClN4O12S. The Morgan fingerprint density at radius 3 is 2.50 bits per heavy atom. The third-order valence-electron chi connectivity index (χ3n) is 13.3. The molecule has 340 valence electrons. The zero-order valence-corrected chi connectivity index (χ0v) is 38.5. The number of alkyl halides is 1. The average Bonchev–Trinajstić information content (AvgIpc) is 3.73. The molecule has 16 nitrogen and oxygen atoms in total. The number of piperazine rings is 1. The third-order valence-corrected chi connectivity index (χ3v) is 14.9. The van der Waals surface area contributed by atoms with Gasteiger partial charge in [-0.1, -0.05) is 6.07 Å². The van der Waals surface area contributed by atoms with Crippen molar-refractivity contribution in [3.05, 3.63) is 62.7 Å². The van der Waals surface area contributed by atoms with Crippen LogP contribution in [0.25, 0.3) is 0 Å². The number of phenols is 1. The summed E-state index contributed by atoms with van der Waals surface area (Å²) in [6.07, 6.45) is -0.0291. The molecule has 2 saturated heterocycles. The fraction of sp³-hybridized carbons (Fsp3) is 0.522. The Morgan fingerprint density at radius 1 is 1.03 bits per heavy atom. The summed E-state index contributed by atoms with van der Waals surface area (Å²) in [7, 11) is 4.95. The van der Waals surface area contributed by atoms with E-state index in [1.54, 1.807) is 32.9 Å². The molecule has 18 heteroatoms. The number of nitriles is 1. The van der Waals surface area contributed by atoms with Crippen LogP contribution in [0.2, 0.25) is 0 Å². The molecule has 10 rings (SSSR count). The Morgan fingerprint density at radius 2 is 1.80 bits per heavy atom. The van der Waals surface area contributed by atoms with Crippen molar-refractivity contribution >= 4 is 41.5 Å². The number of esters is 2. The minimum absolute atomic E-state index is 0.0132. The van der Waals surface area contributed by atoms with E-state index in [1.807, 2.05) is 27.0 Å². The van der Waals surface area contributed by atoms with Crippen molar-refractivity contribution in [1.82, 2.24) is 15.1 Å². The summed E-state index contributed by atoms with van der Waals surface area (Å²) in [5.41, 5.74) is 3.15. The van der Waals surface area contributed by atoms with Gasteiger partial charge in [0, 0.05) is 52.5 Å². The number of methoxy groups -OCH3 is 2. The highest BCUT2D eigenvalue weighted by Gasteiger charge is 2.62. The standard InChI is InChI=1S/C46H51ClN4O12S/c1-21-13-24-14-26-27(17-48)51-28-18-58-43(54)46(25-16-29(56-7)30(15-23(25)10-12-49-46)61-44(55)63-45(3,4)5)19-64-42(36(51)35(50(26)6)32(24)37(53)38(21)57-8)34-33(28)41-40(59-20-60-41)22(2)39(34)62-31(52)9-11-47/h13,15-16,26-28,35-36,42,49,53H,9-12,14,18-20H2,1-8H3/t26-,27-,28-,35+,36?,42+,46+/m0/s1. The van der Waals surface area contributed by atoms with E-state index < -0.39 is 58.7 Å². The van der Waals surface area contributed by atoms with Gasteiger partial charge < -0.3 is 43.0 Å². The lowest BCUT2D eigenvalue weighted by molar-refractivity contribution is -0.157. The Kier molecular flexibility index (Phi) is 11.3. The first-order valence-electron chi connectivity index (χ1n) is 21.2. The molecule has 1 spiro atoms. The van der Waals surface area contributed by atoms with Gasteiger partial charge in [0.25, 0.3) is 0 Å². The van der Waals surface area contributed by atoms with Crippen LogP contribution >= 0.6 is 23.4 Å². The number of carbonyl (C=O) groups excluding carboxylic acids is 3. The molecule has 0 aliphatic carbocycles. The van der Waals surface area contributed by atoms with Crippen LogP contribution in [0.3, 0.4) is 0 Å². The number of fused-ring (bicyclic) bond motifs is 9. The first-order valence-corrected chi connectivity index (χ1v) is 22.8. The highest BCUT2D eigenvalue weighted by Crippen LogP contribution is 2.64. The van der Waals surface area contributed by atoms with Crippen molar-refractivity contribution in [1.29, 1.82) is 5.26 Å². The molecule has 64 heavy (non-hydrogen) atoms. The van der Waals surface area contributed by atoms with E-state index in [9.17, 15) is 20.0 Å². The summed E-state index contributed by atoms with van der Waals surface area (Å²) < 4.78 is 47.9. The third kappa shape index (κ3) is 6.86. The number of rotatable bonds is 6. The monoisotopic (exact) mass is 918 g/mol. The van der Waals surface area contributed by atoms with Crippen molar-refractivity contribution in [2.75, 3.05) is 52.8 Å². The second kappa shape index (κ2) is 16.4. The number of nitrogens with zero attached hydrogens (tertiary/aromatic N) is 3. The number of benzene rings is 3. The van der Waals surface area contributed by atoms with Gasteiger partial charge in [0.05, 0.1) is 44.0 Å². The summed E-state index contributed by atoms with van der Waals surface area (Å²) in [5, 5.41) is 26.3. The number of thioether (sulfide) groups is 1. The van der Waals surface area contributed by atoms with Gasteiger partial charge in [0.2, 0.25) is 6.79 Å². The van der Waals surface area contributed by atoms with Crippen LogP contribution in [0.1, 0.15) is 89.0 Å². The van der Waals surface area contributed by atoms with E-state index >= 15 is 4.79 Å². The molecule has 7 atom stereocenters. The topological polar surface area (TPSA) is 188 Å². The van der Waals surface area contributed by atoms with Crippen LogP contribution in [0.15, 0.2) is 18.2 Å². The van der Waals surface area contributed by atoms with Gasteiger partial charge in [-0.25, -0.2) is 9.59 Å². The summed E-state index contributed by atoms with van der Waals surface area (Å²) in [5.74, 6) is 0.802. The smallest absolute Gasteiger partial charge is 0.504 e. The Balaban J connectivity index is 1.27. The molecule has 1 unspecified atom stereocenters. The van der Waals surface area contributed by atoms with E-state index in [-0.39, 0.29) is 60.5 Å². The van der Waals surface area contributed by atoms with E-state index in [4.69, 9.17) is 49.5 Å². The van der Waals surface area contributed by atoms with Crippen LogP contribution in [0, 0.1) is 25.2 Å². The number of aryl methyl sites for hydroxylation is 1. The highest BCUT2D eigenvalue weighted by atomic mass is 35.5. The molecule has 0 amide bonds. The molecule has 3 aromatic carbocycles. The predicted octanol–water partition coefficient (Wildman–Crippen LogP) is 6.20. The highest BCUT2D eigenvalue weighted by molar-refractivity contribution is 7.99. The number of carbonyl (C=O) groups is 3. The average molecular weight is 919 g/mol. The fourth-order valence-electron chi connectivity index (χ4n) is 10.7. The van der Waals surface area contributed by atoms with Crippen molar-refractivity contribution in [3.8, 4) is 46.3 Å². The summed E-state index contributed by atoms with van der Waals surface area (Å²) in [6.45, 7) is 8.94. The Bertz CT molecular complexity index is 2510. The maximum absolute atomic E-state index is 15.1. The van der Waals surface area contributed by atoms with Crippen LogP contribution < -0.4 is 33.7 Å². The lowest BCUT2D eigenvalue weighted by Gasteiger charge is -2.62. The van der Waals surface area contributed by atoms with E-state index in [2.05, 4.69) is 21.2 Å².